The first-order valence-electron chi connectivity index (χ1n) is 8.78. The topological polar surface area (TPSA) is 84.9 Å². The van der Waals surface area contributed by atoms with E-state index in [9.17, 15) is 26.7 Å². The van der Waals surface area contributed by atoms with Gasteiger partial charge in [0.15, 0.2) is 0 Å². The molecule has 0 fully saturated rings. The summed E-state index contributed by atoms with van der Waals surface area (Å²) < 4.78 is 73.0. The summed E-state index contributed by atoms with van der Waals surface area (Å²) in [6.07, 6.45) is -3.09. The number of ether oxygens (including phenoxy) is 2. The highest BCUT2D eigenvalue weighted by Gasteiger charge is 2.36. The summed E-state index contributed by atoms with van der Waals surface area (Å²) in [7, 11) is -2.51. The second-order valence-corrected chi connectivity index (χ2v) is 8.52. The van der Waals surface area contributed by atoms with E-state index in [-0.39, 0.29) is 11.4 Å². The highest BCUT2D eigenvalue weighted by atomic mass is 32.2. The molecule has 2 aromatic rings. The van der Waals surface area contributed by atoms with Crippen molar-refractivity contribution in [1.29, 1.82) is 0 Å². The van der Waals surface area contributed by atoms with Crippen molar-refractivity contribution in [3.63, 3.8) is 0 Å². The third kappa shape index (κ3) is 5.01. The Labute approximate surface area is 166 Å². The van der Waals surface area contributed by atoms with Gasteiger partial charge in [-0.05, 0) is 66.8 Å². The van der Waals surface area contributed by atoms with E-state index in [2.05, 4.69) is 9.46 Å². The summed E-state index contributed by atoms with van der Waals surface area (Å²) in [4.78, 5) is -0.235. The lowest BCUT2D eigenvalue weighted by Crippen LogP contribution is -2.42. The maximum Gasteiger partial charge on any atom is 0.573 e. The molecule has 1 atom stereocenters. The molecule has 3 rings (SSSR count). The van der Waals surface area contributed by atoms with Crippen molar-refractivity contribution in [2.24, 2.45) is 0 Å². The molecule has 0 aliphatic heterocycles. The van der Waals surface area contributed by atoms with E-state index in [4.69, 9.17) is 4.74 Å². The zero-order valence-corrected chi connectivity index (χ0v) is 16.3. The Morgan fingerprint density at radius 3 is 2.41 bits per heavy atom. The van der Waals surface area contributed by atoms with Crippen LogP contribution in [-0.2, 0) is 22.0 Å². The van der Waals surface area contributed by atoms with Gasteiger partial charge in [0.1, 0.15) is 17.1 Å². The SMILES string of the molecule is COc1ccc2c(c1)CCCC2(O)CNS(=O)(=O)c1ccc(OC(F)(F)F)cc1. The Bertz CT molecular complexity index is 976. The van der Waals surface area contributed by atoms with Crippen molar-refractivity contribution in [1.82, 2.24) is 4.72 Å². The number of hydrogen-bond donors (Lipinski definition) is 2. The molecule has 0 bridgehead atoms. The van der Waals surface area contributed by atoms with E-state index >= 15 is 0 Å². The summed E-state index contributed by atoms with van der Waals surface area (Å²) >= 11 is 0. The first-order chi connectivity index (χ1) is 13.5. The summed E-state index contributed by atoms with van der Waals surface area (Å²) in [6, 6.07) is 9.07. The lowest BCUT2D eigenvalue weighted by molar-refractivity contribution is -0.274. The van der Waals surface area contributed by atoms with E-state index in [1.165, 1.54) is 7.11 Å². The summed E-state index contributed by atoms with van der Waals surface area (Å²) in [5.74, 6) is 0.125. The monoisotopic (exact) mass is 431 g/mol. The van der Waals surface area contributed by atoms with Crippen LogP contribution in [0.1, 0.15) is 24.0 Å². The van der Waals surface area contributed by atoms with Crippen molar-refractivity contribution >= 4 is 10.0 Å². The first-order valence-corrected chi connectivity index (χ1v) is 10.3. The molecule has 2 N–H and O–H groups in total. The maximum atomic E-state index is 12.5. The zero-order valence-electron chi connectivity index (χ0n) is 15.5. The molecule has 158 valence electrons. The number of fused-ring (bicyclic) bond motifs is 1. The van der Waals surface area contributed by atoms with Crippen molar-refractivity contribution in [3.8, 4) is 11.5 Å². The fourth-order valence-corrected chi connectivity index (χ4v) is 4.46. The number of halogens is 3. The van der Waals surface area contributed by atoms with Gasteiger partial charge >= 0.3 is 6.36 Å². The van der Waals surface area contributed by atoms with Crippen LogP contribution in [0.3, 0.4) is 0 Å². The molecule has 0 aromatic heterocycles. The standard InChI is InChI=1S/C19H20F3NO5S/c1-27-15-6-9-17-13(11-15)3-2-10-18(17,24)12-23-29(25,26)16-7-4-14(5-8-16)28-19(20,21)22/h4-9,11,23-24H,2-3,10,12H2,1H3. The minimum atomic E-state index is -4.86. The summed E-state index contributed by atoms with van der Waals surface area (Å²) in [5, 5.41) is 11.1. The molecule has 10 heteroatoms. The largest absolute Gasteiger partial charge is 0.573 e. The number of aliphatic hydroxyl groups is 1. The average molecular weight is 431 g/mol. The molecular weight excluding hydrogens is 411 g/mol. The van der Waals surface area contributed by atoms with Crippen LogP contribution in [0, 0.1) is 0 Å². The van der Waals surface area contributed by atoms with Gasteiger partial charge < -0.3 is 14.6 Å². The van der Waals surface area contributed by atoms with Crippen LogP contribution in [0.4, 0.5) is 13.2 Å². The lowest BCUT2D eigenvalue weighted by Gasteiger charge is -2.34. The predicted octanol–water partition coefficient (Wildman–Crippen LogP) is 3.10. The molecule has 29 heavy (non-hydrogen) atoms. The molecule has 0 radical (unpaired) electrons. The Morgan fingerprint density at radius 2 is 1.79 bits per heavy atom. The van der Waals surface area contributed by atoms with Crippen LogP contribution in [-0.4, -0.2) is 33.5 Å². The normalized spacial score (nSPS) is 19.5. The number of benzene rings is 2. The minimum absolute atomic E-state index is 0.235. The van der Waals surface area contributed by atoms with Gasteiger partial charge in [-0.25, -0.2) is 13.1 Å². The molecule has 1 unspecified atom stereocenters. The maximum absolute atomic E-state index is 12.5. The molecule has 2 aromatic carbocycles. The lowest BCUT2D eigenvalue weighted by atomic mass is 9.79. The van der Waals surface area contributed by atoms with Crippen LogP contribution in [0.5, 0.6) is 11.5 Å². The molecule has 0 heterocycles. The van der Waals surface area contributed by atoms with Crippen LogP contribution < -0.4 is 14.2 Å². The average Bonchev–Trinajstić information content (AvgIpc) is 2.66. The Balaban J connectivity index is 1.75. The second kappa shape index (κ2) is 7.85. The number of aryl methyl sites for hydroxylation is 1. The van der Waals surface area contributed by atoms with Crippen molar-refractivity contribution in [3.05, 3.63) is 53.6 Å². The smallest absolute Gasteiger partial charge is 0.497 e. The minimum Gasteiger partial charge on any atom is -0.497 e. The Morgan fingerprint density at radius 1 is 1.14 bits per heavy atom. The highest BCUT2D eigenvalue weighted by molar-refractivity contribution is 7.89. The predicted molar refractivity (Wildman–Crippen MR) is 98.1 cm³/mol. The number of rotatable bonds is 6. The molecule has 6 nitrogen and oxygen atoms in total. The third-order valence-corrected chi connectivity index (χ3v) is 6.19. The molecule has 0 saturated carbocycles. The van der Waals surface area contributed by atoms with Gasteiger partial charge in [0, 0.05) is 6.54 Å². The molecule has 1 aliphatic carbocycles. The number of methoxy groups -OCH3 is 1. The summed E-state index contributed by atoms with van der Waals surface area (Å²) in [6.45, 7) is -0.268. The van der Waals surface area contributed by atoms with Gasteiger partial charge in [0.25, 0.3) is 0 Å². The van der Waals surface area contributed by atoms with Crippen LogP contribution in [0.15, 0.2) is 47.4 Å². The zero-order chi connectivity index (χ0) is 21.3. The van der Waals surface area contributed by atoms with Crippen molar-refractivity contribution in [2.45, 2.75) is 36.1 Å². The number of alkyl halides is 3. The number of sulfonamides is 1. The number of hydrogen-bond acceptors (Lipinski definition) is 5. The molecule has 0 spiro atoms. The highest BCUT2D eigenvalue weighted by Crippen LogP contribution is 2.37. The van der Waals surface area contributed by atoms with Crippen molar-refractivity contribution < 1.29 is 36.2 Å². The van der Waals surface area contributed by atoms with Gasteiger partial charge in [0.05, 0.1) is 12.0 Å². The summed E-state index contributed by atoms with van der Waals surface area (Å²) in [5.41, 5.74) is 0.110. The van der Waals surface area contributed by atoms with E-state index < -0.39 is 27.7 Å². The van der Waals surface area contributed by atoms with Gasteiger partial charge in [-0.15, -0.1) is 13.2 Å². The fourth-order valence-electron chi connectivity index (χ4n) is 3.37. The molecule has 1 aliphatic rings. The third-order valence-electron chi connectivity index (χ3n) is 4.77. The van der Waals surface area contributed by atoms with Crippen LogP contribution >= 0.6 is 0 Å². The van der Waals surface area contributed by atoms with Gasteiger partial charge in [-0.3, -0.25) is 0 Å². The van der Waals surface area contributed by atoms with Gasteiger partial charge in [0.2, 0.25) is 10.0 Å². The quantitative estimate of drug-likeness (QED) is 0.734. The van der Waals surface area contributed by atoms with Crippen LogP contribution in [0.2, 0.25) is 0 Å². The fraction of sp³-hybridized carbons (Fsp3) is 0.368. The first kappa shape index (κ1) is 21.4. The Hall–Kier alpha value is -2.30. The van der Waals surface area contributed by atoms with Crippen LogP contribution in [0.25, 0.3) is 0 Å². The van der Waals surface area contributed by atoms with E-state index in [0.717, 1.165) is 36.2 Å². The van der Waals surface area contributed by atoms with E-state index in [1.807, 2.05) is 6.07 Å². The molecule has 0 amide bonds. The molecular formula is C19H20F3NO5S. The van der Waals surface area contributed by atoms with Crippen molar-refractivity contribution in [2.75, 3.05) is 13.7 Å². The van der Waals surface area contributed by atoms with E-state index in [1.54, 1.807) is 12.1 Å². The second-order valence-electron chi connectivity index (χ2n) is 6.75. The van der Waals surface area contributed by atoms with E-state index in [0.29, 0.717) is 24.2 Å². The van der Waals surface area contributed by atoms with Gasteiger partial charge in [-0.1, -0.05) is 6.07 Å². The van der Waals surface area contributed by atoms with Gasteiger partial charge in [-0.2, -0.15) is 0 Å². The number of nitrogens with one attached hydrogen (secondary N) is 1. The molecule has 0 saturated heterocycles. The Kier molecular flexibility index (Phi) is 5.79.